The van der Waals surface area contributed by atoms with Crippen LogP contribution in [0.5, 0.6) is 0 Å². The van der Waals surface area contributed by atoms with Crippen molar-refractivity contribution in [3.8, 4) is 10.6 Å². The quantitative estimate of drug-likeness (QED) is 0.342. The van der Waals surface area contributed by atoms with Crippen molar-refractivity contribution in [2.75, 3.05) is 5.32 Å². The number of amides is 1. The number of thiazole rings is 1. The molecule has 1 aromatic heterocycles. The summed E-state index contributed by atoms with van der Waals surface area (Å²) in [4.78, 5) is 27.8. The highest BCUT2D eigenvalue weighted by atomic mass is 35.5. The van der Waals surface area contributed by atoms with Gasteiger partial charge in [0.05, 0.1) is 15.1 Å². The summed E-state index contributed by atoms with van der Waals surface area (Å²) in [6, 6.07) is 18.9. The van der Waals surface area contributed by atoms with Crippen LogP contribution in [0.15, 0.2) is 66.7 Å². The van der Waals surface area contributed by atoms with Crippen molar-refractivity contribution in [3.63, 3.8) is 0 Å². The van der Waals surface area contributed by atoms with Crippen molar-refractivity contribution in [1.29, 1.82) is 0 Å². The zero-order chi connectivity index (χ0) is 19.7. The average molecular weight is 410 g/mol. The maximum Gasteiger partial charge on any atom is 0.282 e. The van der Waals surface area contributed by atoms with Crippen LogP contribution in [0.1, 0.15) is 10.4 Å². The lowest BCUT2D eigenvalue weighted by Crippen LogP contribution is -2.14. The van der Waals surface area contributed by atoms with Gasteiger partial charge in [-0.1, -0.05) is 35.9 Å². The smallest absolute Gasteiger partial charge is 0.282 e. The highest BCUT2D eigenvalue weighted by Crippen LogP contribution is 2.31. The molecule has 0 radical (unpaired) electrons. The molecule has 8 heteroatoms. The number of halogens is 1. The van der Waals surface area contributed by atoms with E-state index in [9.17, 15) is 14.9 Å². The van der Waals surface area contributed by atoms with Crippen LogP contribution in [0.4, 0.5) is 11.4 Å². The molecular formula is C20H12ClN3O3S. The number of nitro benzene ring substituents is 1. The fourth-order valence-corrected chi connectivity index (χ4v) is 3.91. The van der Waals surface area contributed by atoms with Crippen LogP contribution in [0, 0.1) is 10.1 Å². The number of nitro groups is 1. The molecule has 0 atom stereocenters. The van der Waals surface area contributed by atoms with E-state index in [2.05, 4.69) is 10.3 Å². The molecule has 0 aliphatic heterocycles. The Balaban J connectivity index is 1.65. The van der Waals surface area contributed by atoms with Crippen LogP contribution in [-0.2, 0) is 0 Å². The Morgan fingerprint density at radius 2 is 1.89 bits per heavy atom. The summed E-state index contributed by atoms with van der Waals surface area (Å²) in [7, 11) is 0. The summed E-state index contributed by atoms with van der Waals surface area (Å²) in [6.45, 7) is 0. The van der Waals surface area contributed by atoms with Crippen molar-refractivity contribution >= 4 is 50.4 Å². The van der Waals surface area contributed by atoms with E-state index >= 15 is 0 Å². The molecule has 0 bridgehead atoms. The summed E-state index contributed by atoms with van der Waals surface area (Å²) < 4.78 is 1.07. The first kappa shape index (κ1) is 18.1. The minimum Gasteiger partial charge on any atom is -0.322 e. The lowest BCUT2D eigenvalue weighted by Gasteiger charge is -2.07. The summed E-state index contributed by atoms with van der Waals surface area (Å²) in [5, 5.41) is 15.0. The number of hydrogen-bond donors (Lipinski definition) is 1. The molecular weight excluding hydrogens is 398 g/mol. The normalized spacial score (nSPS) is 10.8. The summed E-state index contributed by atoms with van der Waals surface area (Å²) in [5.41, 5.74) is 1.87. The zero-order valence-electron chi connectivity index (χ0n) is 14.3. The van der Waals surface area contributed by atoms with Crippen molar-refractivity contribution in [2.45, 2.75) is 0 Å². The van der Waals surface area contributed by atoms with Crippen molar-refractivity contribution in [1.82, 2.24) is 4.98 Å². The second-order valence-electron chi connectivity index (χ2n) is 5.94. The highest BCUT2D eigenvalue weighted by Gasteiger charge is 2.20. The molecule has 1 heterocycles. The predicted molar refractivity (Wildman–Crippen MR) is 111 cm³/mol. The van der Waals surface area contributed by atoms with E-state index in [1.165, 1.54) is 18.2 Å². The van der Waals surface area contributed by atoms with E-state index in [0.29, 0.717) is 5.69 Å². The van der Waals surface area contributed by atoms with Crippen LogP contribution in [0.2, 0.25) is 5.02 Å². The number of para-hydroxylation sites is 1. The fourth-order valence-electron chi connectivity index (χ4n) is 2.77. The monoisotopic (exact) mass is 409 g/mol. The molecule has 0 unspecified atom stereocenters. The summed E-state index contributed by atoms with van der Waals surface area (Å²) >= 11 is 7.46. The summed E-state index contributed by atoms with van der Waals surface area (Å²) in [6.07, 6.45) is 0. The number of hydrogen-bond acceptors (Lipinski definition) is 5. The van der Waals surface area contributed by atoms with E-state index in [1.807, 2.05) is 30.3 Å². The van der Waals surface area contributed by atoms with Crippen LogP contribution >= 0.6 is 22.9 Å². The van der Waals surface area contributed by atoms with Gasteiger partial charge in [-0.25, -0.2) is 4.98 Å². The van der Waals surface area contributed by atoms with Crippen LogP contribution < -0.4 is 5.32 Å². The molecule has 0 spiro atoms. The minimum atomic E-state index is -0.608. The molecule has 3 aromatic carbocycles. The number of carbonyl (C=O) groups is 1. The molecule has 0 saturated carbocycles. The van der Waals surface area contributed by atoms with Gasteiger partial charge >= 0.3 is 0 Å². The molecule has 4 rings (SSSR count). The molecule has 0 saturated heterocycles. The maximum absolute atomic E-state index is 12.6. The number of nitrogens with one attached hydrogen (secondary N) is 1. The van der Waals surface area contributed by atoms with Gasteiger partial charge < -0.3 is 5.32 Å². The third-order valence-electron chi connectivity index (χ3n) is 4.06. The lowest BCUT2D eigenvalue weighted by atomic mass is 10.1. The van der Waals surface area contributed by atoms with Gasteiger partial charge in [-0.05, 0) is 36.4 Å². The molecule has 1 amide bonds. The Kier molecular flexibility index (Phi) is 4.77. The number of rotatable bonds is 4. The summed E-state index contributed by atoms with van der Waals surface area (Å²) in [5.74, 6) is -0.601. The standard InChI is InChI=1S/C20H12ClN3O3S/c21-13-8-9-17(24(26)27)15(11-13)19(25)22-14-5-3-4-12(10-14)20-23-16-6-1-2-7-18(16)28-20/h1-11H,(H,22,25). The van der Waals surface area contributed by atoms with E-state index in [1.54, 1.807) is 29.5 Å². The maximum atomic E-state index is 12.6. The number of fused-ring (bicyclic) bond motifs is 1. The molecule has 138 valence electrons. The Labute approximate surface area is 168 Å². The Hall–Kier alpha value is -3.29. The average Bonchev–Trinajstić information content (AvgIpc) is 3.12. The van der Waals surface area contributed by atoms with Gasteiger partial charge in [-0.2, -0.15) is 0 Å². The lowest BCUT2D eigenvalue weighted by molar-refractivity contribution is -0.385. The highest BCUT2D eigenvalue weighted by molar-refractivity contribution is 7.21. The first-order chi connectivity index (χ1) is 13.5. The SMILES string of the molecule is O=C(Nc1cccc(-c2nc3ccccc3s2)c1)c1cc(Cl)ccc1[N+](=O)[O-]. The number of carbonyl (C=O) groups excluding carboxylic acids is 1. The second kappa shape index (κ2) is 7.38. The molecule has 6 nitrogen and oxygen atoms in total. The molecule has 0 aliphatic carbocycles. The van der Waals surface area contributed by atoms with E-state index in [-0.39, 0.29) is 16.3 Å². The van der Waals surface area contributed by atoms with Gasteiger partial charge in [0.2, 0.25) is 0 Å². The van der Waals surface area contributed by atoms with Crippen LogP contribution in [0.3, 0.4) is 0 Å². The topological polar surface area (TPSA) is 85.1 Å². The largest absolute Gasteiger partial charge is 0.322 e. The first-order valence-electron chi connectivity index (χ1n) is 8.22. The van der Waals surface area contributed by atoms with Gasteiger partial charge in [-0.15, -0.1) is 11.3 Å². The third kappa shape index (κ3) is 3.58. The molecule has 28 heavy (non-hydrogen) atoms. The first-order valence-corrected chi connectivity index (χ1v) is 9.42. The number of aromatic nitrogens is 1. The molecule has 1 N–H and O–H groups in total. The van der Waals surface area contributed by atoms with E-state index in [0.717, 1.165) is 20.8 Å². The van der Waals surface area contributed by atoms with E-state index in [4.69, 9.17) is 11.6 Å². The molecule has 0 aliphatic rings. The Bertz CT molecular complexity index is 1190. The van der Waals surface area contributed by atoms with Crippen molar-refractivity contribution < 1.29 is 9.72 Å². The van der Waals surface area contributed by atoms with Crippen molar-refractivity contribution in [3.05, 3.63) is 87.4 Å². The van der Waals surface area contributed by atoms with Gasteiger partial charge in [0.1, 0.15) is 10.6 Å². The second-order valence-corrected chi connectivity index (χ2v) is 7.41. The predicted octanol–water partition coefficient (Wildman–Crippen LogP) is 5.78. The Morgan fingerprint density at radius 3 is 2.68 bits per heavy atom. The minimum absolute atomic E-state index is 0.0945. The number of nitrogens with zero attached hydrogens (tertiary/aromatic N) is 2. The van der Waals surface area contributed by atoms with Gasteiger partial charge in [0, 0.05) is 22.3 Å². The molecule has 0 fully saturated rings. The Morgan fingerprint density at radius 1 is 1.07 bits per heavy atom. The number of benzene rings is 3. The fraction of sp³-hybridized carbons (Fsp3) is 0. The van der Waals surface area contributed by atoms with Gasteiger partial charge in [-0.3, -0.25) is 14.9 Å². The van der Waals surface area contributed by atoms with Crippen molar-refractivity contribution in [2.24, 2.45) is 0 Å². The van der Waals surface area contributed by atoms with Crippen LogP contribution in [0.25, 0.3) is 20.8 Å². The zero-order valence-corrected chi connectivity index (χ0v) is 15.8. The van der Waals surface area contributed by atoms with Crippen LogP contribution in [-0.4, -0.2) is 15.8 Å². The molecule has 4 aromatic rings. The van der Waals surface area contributed by atoms with Gasteiger partial charge in [0.25, 0.3) is 11.6 Å². The third-order valence-corrected chi connectivity index (χ3v) is 5.38. The van der Waals surface area contributed by atoms with Gasteiger partial charge in [0.15, 0.2) is 0 Å². The number of anilines is 1. The van der Waals surface area contributed by atoms with E-state index < -0.39 is 10.8 Å².